The summed E-state index contributed by atoms with van der Waals surface area (Å²) >= 11 is 3.16. The van der Waals surface area contributed by atoms with Crippen molar-refractivity contribution in [1.29, 1.82) is 5.26 Å². The van der Waals surface area contributed by atoms with E-state index in [1.54, 1.807) is 14.0 Å². The van der Waals surface area contributed by atoms with E-state index in [-0.39, 0.29) is 17.3 Å². The molecule has 0 aliphatic rings. The van der Waals surface area contributed by atoms with Crippen LogP contribution in [0.25, 0.3) is 0 Å². The summed E-state index contributed by atoms with van der Waals surface area (Å²) in [5, 5.41) is 8.72. The number of hydrogen-bond donors (Lipinski definition) is 0. The van der Waals surface area contributed by atoms with E-state index in [4.69, 9.17) is 5.26 Å². The van der Waals surface area contributed by atoms with Gasteiger partial charge in [0, 0.05) is 19.2 Å². The third kappa shape index (κ3) is 3.53. The zero-order valence-electron chi connectivity index (χ0n) is 9.58. The number of carbonyl (C=O) groups excluding carboxylic acids is 1. The standard InChI is InChI=1S/C12H12BrFN2O/c1-8(13)12(17)16(2)7-10-5-9(6-15)3-4-11(10)14/h3-5,8H,7H2,1-2H3. The second-order valence-corrected chi connectivity index (χ2v) is 5.10. The quantitative estimate of drug-likeness (QED) is 0.805. The highest BCUT2D eigenvalue weighted by Crippen LogP contribution is 2.13. The lowest BCUT2D eigenvalue weighted by atomic mass is 10.1. The van der Waals surface area contributed by atoms with E-state index in [0.29, 0.717) is 11.1 Å². The van der Waals surface area contributed by atoms with Gasteiger partial charge in [-0.3, -0.25) is 4.79 Å². The lowest BCUT2D eigenvalue weighted by Gasteiger charge is -2.19. The van der Waals surface area contributed by atoms with Crippen LogP contribution in [0.4, 0.5) is 4.39 Å². The summed E-state index contributed by atoms with van der Waals surface area (Å²) in [5.74, 6) is -0.544. The van der Waals surface area contributed by atoms with E-state index in [1.807, 2.05) is 6.07 Å². The van der Waals surface area contributed by atoms with Crippen molar-refractivity contribution in [2.45, 2.75) is 18.3 Å². The minimum absolute atomic E-state index is 0.133. The third-order valence-corrected chi connectivity index (χ3v) is 2.69. The Morgan fingerprint density at radius 2 is 2.29 bits per heavy atom. The Morgan fingerprint density at radius 1 is 1.65 bits per heavy atom. The number of nitrogens with zero attached hydrogens (tertiary/aromatic N) is 2. The number of benzene rings is 1. The Morgan fingerprint density at radius 3 is 2.82 bits per heavy atom. The van der Waals surface area contributed by atoms with Crippen molar-refractivity contribution in [3.05, 3.63) is 35.1 Å². The van der Waals surface area contributed by atoms with Crippen molar-refractivity contribution in [2.24, 2.45) is 0 Å². The maximum absolute atomic E-state index is 13.5. The molecule has 1 amide bonds. The molecular formula is C12H12BrFN2O. The molecule has 0 radical (unpaired) electrons. The van der Waals surface area contributed by atoms with Gasteiger partial charge in [-0.2, -0.15) is 5.26 Å². The largest absolute Gasteiger partial charge is 0.340 e. The Hall–Kier alpha value is -1.41. The monoisotopic (exact) mass is 298 g/mol. The molecule has 17 heavy (non-hydrogen) atoms. The van der Waals surface area contributed by atoms with Gasteiger partial charge in [0.05, 0.1) is 16.5 Å². The fourth-order valence-corrected chi connectivity index (χ4v) is 1.75. The smallest absolute Gasteiger partial charge is 0.236 e. The number of rotatable bonds is 3. The second-order valence-electron chi connectivity index (χ2n) is 3.73. The number of nitriles is 1. The average Bonchev–Trinajstić information content (AvgIpc) is 2.30. The summed E-state index contributed by atoms with van der Waals surface area (Å²) in [6.07, 6.45) is 0. The van der Waals surface area contributed by atoms with E-state index >= 15 is 0 Å². The summed E-state index contributed by atoms with van der Waals surface area (Å²) in [5.41, 5.74) is 0.724. The van der Waals surface area contributed by atoms with Gasteiger partial charge in [-0.1, -0.05) is 15.9 Å². The SMILES string of the molecule is CC(Br)C(=O)N(C)Cc1cc(C#N)ccc1F. The third-order valence-electron chi connectivity index (χ3n) is 2.30. The van der Waals surface area contributed by atoms with Gasteiger partial charge in [0.15, 0.2) is 0 Å². The normalized spacial score (nSPS) is 11.7. The molecule has 5 heteroatoms. The molecule has 1 aromatic rings. The van der Waals surface area contributed by atoms with Crippen LogP contribution in [0.2, 0.25) is 0 Å². The van der Waals surface area contributed by atoms with E-state index in [0.717, 1.165) is 0 Å². The fraction of sp³-hybridized carbons (Fsp3) is 0.333. The Kier molecular flexibility index (Phi) is 4.64. The number of hydrogen-bond acceptors (Lipinski definition) is 2. The molecule has 0 N–H and O–H groups in total. The first-order valence-corrected chi connectivity index (χ1v) is 5.95. The minimum atomic E-state index is -0.411. The van der Waals surface area contributed by atoms with Crippen molar-refractivity contribution in [2.75, 3.05) is 7.05 Å². The van der Waals surface area contributed by atoms with Crippen molar-refractivity contribution in [1.82, 2.24) is 4.90 Å². The highest BCUT2D eigenvalue weighted by atomic mass is 79.9. The van der Waals surface area contributed by atoms with Crippen LogP contribution >= 0.6 is 15.9 Å². The molecule has 0 heterocycles. The highest BCUT2D eigenvalue weighted by molar-refractivity contribution is 9.10. The number of alkyl halides is 1. The van der Waals surface area contributed by atoms with Crippen LogP contribution < -0.4 is 0 Å². The molecule has 0 saturated carbocycles. The molecule has 1 atom stereocenters. The van der Waals surface area contributed by atoms with Gasteiger partial charge in [0.1, 0.15) is 5.82 Å². The van der Waals surface area contributed by atoms with Gasteiger partial charge < -0.3 is 4.90 Å². The Bertz CT molecular complexity index is 468. The minimum Gasteiger partial charge on any atom is -0.340 e. The first kappa shape index (κ1) is 13.7. The van der Waals surface area contributed by atoms with E-state index in [2.05, 4.69) is 15.9 Å². The first-order chi connectivity index (χ1) is 7.95. The Balaban J connectivity index is 2.88. The van der Waals surface area contributed by atoms with Crippen LogP contribution in [0.1, 0.15) is 18.1 Å². The van der Waals surface area contributed by atoms with Crippen LogP contribution in [-0.2, 0) is 11.3 Å². The zero-order valence-corrected chi connectivity index (χ0v) is 11.2. The number of carbonyl (C=O) groups is 1. The van der Waals surface area contributed by atoms with Gasteiger partial charge in [-0.15, -0.1) is 0 Å². The van der Waals surface area contributed by atoms with Crippen molar-refractivity contribution in [3.8, 4) is 6.07 Å². The lowest BCUT2D eigenvalue weighted by Crippen LogP contribution is -2.31. The van der Waals surface area contributed by atoms with Crippen LogP contribution in [0.3, 0.4) is 0 Å². The van der Waals surface area contributed by atoms with Gasteiger partial charge in [-0.25, -0.2) is 4.39 Å². The lowest BCUT2D eigenvalue weighted by molar-refractivity contribution is -0.129. The topological polar surface area (TPSA) is 44.1 Å². The van der Waals surface area contributed by atoms with E-state index in [1.165, 1.54) is 23.1 Å². The van der Waals surface area contributed by atoms with Crippen LogP contribution in [0.15, 0.2) is 18.2 Å². The first-order valence-electron chi connectivity index (χ1n) is 5.03. The van der Waals surface area contributed by atoms with Gasteiger partial charge in [-0.05, 0) is 25.1 Å². The molecule has 0 fully saturated rings. The van der Waals surface area contributed by atoms with Crippen molar-refractivity contribution < 1.29 is 9.18 Å². The molecule has 0 saturated heterocycles. The zero-order chi connectivity index (χ0) is 13.0. The predicted molar refractivity (Wildman–Crippen MR) is 66.0 cm³/mol. The molecule has 0 aromatic heterocycles. The predicted octanol–water partition coefficient (Wildman–Crippen LogP) is 2.44. The van der Waals surface area contributed by atoms with Gasteiger partial charge >= 0.3 is 0 Å². The summed E-state index contributed by atoms with van der Waals surface area (Å²) in [7, 11) is 1.60. The molecule has 0 aliphatic heterocycles. The summed E-state index contributed by atoms with van der Waals surface area (Å²) in [6.45, 7) is 1.86. The fourth-order valence-electron chi connectivity index (χ4n) is 1.40. The molecule has 0 aliphatic carbocycles. The maximum atomic E-state index is 13.5. The molecule has 3 nitrogen and oxygen atoms in total. The molecule has 1 unspecified atom stereocenters. The van der Waals surface area contributed by atoms with E-state index < -0.39 is 5.82 Å². The molecule has 0 spiro atoms. The highest BCUT2D eigenvalue weighted by Gasteiger charge is 2.16. The summed E-state index contributed by atoms with van der Waals surface area (Å²) < 4.78 is 13.5. The van der Waals surface area contributed by atoms with Crippen molar-refractivity contribution >= 4 is 21.8 Å². The van der Waals surface area contributed by atoms with Gasteiger partial charge in [0.25, 0.3) is 0 Å². The number of halogens is 2. The maximum Gasteiger partial charge on any atom is 0.236 e. The summed E-state index contributed by atoms with van der Waals surface area (Å²) in [6, 6.07) is 6.05. The Labute approximate surface area is 108 Å². The second kappa shape index (κ2) is 5.78. The van der Waals surface area contributed by atoms with Crippen molar-refractivity contribution in [3.63, 3.8) is 0 Å². The molecule has 0 bridgehead atoms. The molecule has 90 valence electrons. The van der Waals surface area contributed by atoms with E-state index in [9.17, 15) is 9.18 Å². The molecular weight excluding hydrogens is 287 g/mol. The molecule has 1 rings (SSSR count). The average molecular weight is 299 g/mol. The van der Waals surface area contributed by atoms with Crippen LogP contribution in [0, 0.1) is 17.1 Å². The van der Waals surface area contributed by atoms with Crippen LogP contribution in [-0.4, -0.2) is 22.7 Å². The molecule has 1 aromatic carbocycles. The van der Waals surface area contributed by atoms with Gasteiger partial charge in [0.2, 0.25) is 5.91 Å². The summed E-state index contributed by atoms with van der Waals surface area (Å²) in [4.78, 5) is 12.7. The number of amides is 1. The van der Waals surface area contributed by atoms with Crippen LogP contribution in [0.5, 0.6) is 0 Å².